The van der Waals surface area contributed by atoms with Gasteiger partial charge < -0.3 is 44.8 Å². The van der Waals surface area contributed by atoms with Crippen LogP contribution in [0.5, 0.6) is 0 Å². The van der Waals surface area contributed by atoms with Crippen LogP contribution >= 0.6 is 0 Å². The molecule has 15 nitrogen and oxygen atoms in total. The first-order valence-corrected chi connectivity index (χ1v) is 21.7. The Morgan fingerprint density at radius 1 is 0.645 bits per heavy atom. The Hall–Kier alpha value is -6.19. The molecule has 6 atom stereocenters. The highest BCUT2D eigenvalue weighted by Gasteiger charge is 2.40. The molecule has 3 aliphatic rings. The number of carbonyl (C=O) groups excluding carboxylic acids is 4. The van der Waals surface area contributed by atoms with E-state index in [2.05, 4.69) is 49.8 Å². The van der Waals surface area contributed by atoms with Crippen molar-refractivity contribution >= 4 is 51.8 Å². The summed E-state index contributed by atoms with van der Waals surface area (Å²) in [6.07, 6.45) is 3.52. The second-order valence-electron chi connectivity index (χ2n) is 17.4. The molecular formula is C46H56FN9O6. The molecular weight excluding hydrogens is 794 g/mol. The third-order valence-electron chi connectivity index (χ3n) is 12.8. The maximum atomic E-state index is 14.4. The minimum absolute atomic E-state index is 0.0408. The molecule has 2 aromatic heterocycles. The molecule has 0 aliphatic carbocycles. The lowest BCUT2D eigenvalue weighted by atomic mass is 10.0. The first-order chi connectivity index (χ1) is 29.8. The molecule has 0 spiro atoms. The van der Waals surface area contributed by atoms with E-state index in [1.807, 2.05) is 61.8 Å². The molecule has 5 heterocycles. The molecule has 8 rings (SSSR count). The van der Waals surface area contributed by atoms with E-state index in [-0.39, 0.29) is 53.6 Å². The molecule has 5 aromatic rings. The minimum atomic E-state index is -0.725. The van der Waals surface area contributed by atoms with Gasteiger partial charge in [-0.15, -0.1) is 0 Å². The molecule has 3 saturated heterocycles. The summed E-state index contributed by atoms with van der Waals surface area (Å²) in [5.41, 5.74) is 6.37. The summed E-state index contributed by atoms with van der Waals surface area (Å²) in [6.45, 7) is 8.71. The molecule has 6 unspecified atom stereocenters. The smallest absolute Gasteiger partial charge is 0.407 e. The number of hydrogen-bond donors (Lipinski definition) is 4. The summed E-state index contributed by atoms with van der Waals surface area (Å²) in [7, 11) is 2.57. The quantitative estimate of drug-likeness (QED) is 0.104. The monoisotopic (exact) mass is 849 g/mol. The fourth-order valence-corrected chi connectivity index (χ4v) is 9.65. The summed E-state index contributed by atoms with van der Waals surface area (Å²) in [5.74, 6) is 0.509. The Kier molecular flexibility index (Phi) is 12.1. The number of H-pyrrole nitrogens is 2. The lowest BCUT2D eigenvalue weighted by Crippen LogP contribution is -2.51. The third-order valence-corrected chi connectivity index (χ3v) is 12.8. The summed E-state index contributed by atoms with van der Waals surface area (Å²) >= 11 is 0. The van der Waals surface area contributed by atoms with Gasteiger partial charge in [0, 0.05) is 18.8 Å². The molecule has 3 aliphatic heterocycles. The van der Waals surface area contributed by atoms with Crippen molar-refractivity contribution < 1.29 is 33.0 Å². The van der Waals surface area contributed by atoms with Gasteiger partial charge in [0.1, 0.15) is 29.5 Å². The van der Waals surface area contributed by atoms with Gasteiger partial charge in [0.2, 0.25) is 11.8 Å². The van der Waals surface area contributed by atoms with Crippen LogP contribution in [0.3, 0.4) is 0 Å². The van der Waals surface area contributed by atoms with Crippen LogP contribution in [0.15, 0.2) is 60.7 Å². The number of rotatable bonds is 11. The molecule has 3 aromatic carbocycles. The van der Waals surface area contributed by atoms with Gasteiger partial charge in [0.25, 0.3) is 0 Å². The van der Waals surface area contributed by atoms with Gasteiger partial charge >= 0.3 is 12.2 Å². The van der Waals surface area contributed by atoms with Crippen LogP contribution < -0.4 is 15.5 Å². The zero-order chi connectivity index (χ0) is 43.8. The lowest BCUT2D eigenvalue weighted by molar-refractivity contribution is -0.136. The number of imidazole rings is 2. The Labute approximate surface area is 360 Å². The predicted molar refractivity (Wildman–Crippen MR) is 231 cm³/mol. The van der Waals surface area contributed by atoms with Gasteiger partial charge in [-0.25, -0.2) is 23.9 Å². The topological polar surface area (TPSA) is 178 Å². The van der Waals surface area contributed by atoms with Crippen molar-refractivity contribution in [1.82, 2.24) is 40.4 Å². The number of benzene rings is 3. The average Bonchev–Trinajstić information content (AvgIpc) is 4.12. The van der Waals surface area contributed by atoms with Crippen molar-refractivity contribution in [3.8, 4) is 0 Å². The Balaban J connectivity index is 1.06. The Morgan fingerprint density at radius 2 is 1.08 bits per heavy atom. The van der Waals surface area contributed by atoms with Crippen molar-refractivity contribution in [2.24, 2.45) is 11.8 Å². The second kappa shape index (κ2) is 17.7. The van der Waals surface area contributed by atoms with Crippen LogP contribution in [0, 0.1) is 17.7 Å². The Morgan fingerprint density at radius 3 is 1.48 bits per heavy atom. The molecule has 3 fully saturated rings. The number of aromatic amines is 2. The summed E-state index contributed by atoms with van der Waals surface area (Å²) in [4.78, 5) is 74.8. The number of anilines is 1. The summed E-state index contributed by atoms with van der Waals surface area (Å²) in [5, 5.41) is 5.43. The number of carbonyl (C=O) groups is 4. The van der Waals surface area contributed by atoms with Crippen LogP contribution in [0.4, 0.5) is 19.7 Å². The second-order valence-corrected chi connectivity index (χ2v) is 17.4. The maximum absolute atomic E-state index is 14.4. The zero-order valence-corrected chi connectivity index (χ0v) is 36.1. The van der Waals surface area contributed by atoms with Gasteiger partial charge in [-0.3, -0.25) is 9.59 Å². The van der Waals surface area contributed by atoms with Gasteiger partial charge in [0.15, 0.2) is 0 Å². The number of amides is 4. The predicted octanol–water partition coefficient (Wildman–Crippen LogP) is 7.75. The third kappa shape index (κ3) is 8.26. The van der Waals surface area contributed by atoms with Crippen LogP contribution in [-0.4, -0.2) is 93.1 Å². The number of methoxy groups -OCH3 is 2. The molecule has 4 N–H and O–H groups in total. The van der Waals surface area contributed by atoms with E-state index in [1.54, 1.807) is 0 Å². The molecule has 328 valence electrons. The molecule has 0 saturated carbocycles. The van der Waals surface area contributed by atoms with Gasteiger partial charge in [0.05, 0.1) is 60.5 Å². The van der Waals surface area contributed by atoms with E-state index in [9.17, 15) is 23.6 Å². The standard InChI is InChI=1S/C46H56FN9O6/c1-25(2)39(52-45(59)61-5)43(57)54-21-7-9-37(54)41-48-31-17-11-27(23-33(31)50-41)35-19-20-36(56(35)30-15-13-29(47)14-16-30)28-12-18-32-34(24-28)51-42(49-32)38-10-8-22-55(38)44(58)40(26(3)4)53-46(60)62-6/h11-18,23-26,35-40H,7-10,19-22H2,1-6H3,(H,48,50)(H,49,51)(H,52,59)(H,53,60). The van der Waals surface area contributed by atoms with Crippen LogP contribution in [-0.2, 0) is 19.1 Å². The van der Waals surface area contributed by atoms with Crippen molar-refractivity contribution in [1.29, 1.82) is 0 Å². The van der Waals surface area contributed by atoms with E-state index >= 15 is 0 Å². The van der Waals surface area contributed by atoms with E-state index in [1.165, 1.54) is 26.4 Å². The number of ether oxygens (including phenoxy) is 2. The number of hydrogen-bond acceptors (Lipinski definition) is 9. The van der Waals surface area contributed by atoms with E-state index < -0.39 is 24.3 Å². The van der Waals surface area contributed by atoms with Crippen LogP contribution in [0.2, 0.25) is 0 Å². The fraction of sp³-hybridized carbons (Fsp3) is 0.478. The number of halogens is 1. The number of likely N-dealkylation sites (tertiary alicyclic amines) is 2. The molecule has 0 radical (unpaired) electrons. The van der Waals surface area contributed by atoms with E-state index in [0.717, 1.165) is 77.4 Å². The van der Waals surface area contributed by atoms with Crippen LogP contribution in [0.1, 0.15) is 113 Å². The lowest BCUT2D eigenvalue weighted by Gasteiger charge is -2.33. The first-order valence-electron chi connectivity index (χ1n) is 21.7. The minimum Gasteiger partial charge on any atom is -0.453 e. The van der Waals surface area contributed by atoms with Crippen molar-refractivity contribution in [2.75, 3.05) is 32.2 Å². The van der Waals surface area contributed by atoms with E-state index in [0.29, 0.717) is 24.7 Å². The zero-order valence-electron chi connectivity index (χ0n) is 36.1. The average molecular weight is 850 g/mol. The van der Waals surface area contributed by atoms with Gasteiger partial charge in [-0.05, 0) is 110 Å². The maximum Gasteiger partial charge on any atom is 0.407 e. The summed E-state index contributed by atoms with van der Waals surface area (Å²) in [6, 6.07) is 17.1. The largest absolute Gasteiger partial charge is 0.453 e. The number of alkyl carbamates (subject to hydrolysis) is 2. The fourth-order valence-electron chi connectivity index (χ4n) is 9.65. The highest BCUT2D eigenvalue weighted by Crippen LogP contribution is 2.48. The van der Waals surface area contributed by atoms with Gasteiger partial charge in [-0.1, -0.05) is 39.8 Å². The van der Waals surface area contributed by atoms with E-state index in [4.69, 9.17) is 19.4 Å². The normalized spacial score (nSPS) is 21.3. The molecule has 62 heavy (non-hydrogen) atoms. The first kappa shape index (κ1) is 42.5. The number of nitrogens with one attached hydrogen (secondary N) is 4. The molecule has 16 heteroatoms. The highest BCUT2D eigenvalue weighted by atomic mass is 19.1. The molecule has 4 amide bonds. The SMILES string of the molecule is COC(=O)NC(C(=O)N1CCCC1c1nc2ccc(C3CCC(c4ccc5nc(C6CCCN6C(=O)C(NC(=O)OC)C(C)C)[nH]c5c4)N3c3ccc(F)cc3)cc2[nH]1)C(C)C. The van der Waals surface area contributed by atoms with Crippen LogP contribution in [0.25, 0.3) is 22.1 Å². The number of nitrogens with zero attached hydrogens (tertiary/aromatic N) is 5. The van der Waals surface area contributed by atoms with Gasteiger partial charge in [-0.2, -0.15) is 0 Å². The number of fused-ring (bicyclic) bond motifs is 2. The van der Waals surface area contributed by atoms with Crippen molar-refractivity contribution in [3.05, 3.63) is 89.3 Å². The van der Waals surface area contributed by atoms with Crippen molar-refractivity contribution in [3.63, 3.8) is 0 Å². The number of aromatic nitrogens is 4. The summed E-state index contributed by atoms with van der Waals surface area (Å²) < 4.78 is 24.0. The van der Waals surface area contributed by atoms with Crippen molar-refractivity contribution in [2.45, 2.75) is 102 Å². The Bertz CT molecular complexity index is 2300. The molecule has 0 bridgehead atoms. The highest BCUT2D eigenvalue weighted by molar-refractivity contribution is 5.87.